The van der Waals surface area contributed by atoms with Crippen LogP contribution >= 0.6 is 0 Å². The lowest BCUT2D eigenvalue weighted by molar-refractivity contribution is -0.900. The fourth-order valence-electron chi connectivity index (χ4n) is 3.18. The van der Waals surface area contributed by atoms with Crippen LogP contribution in [-0.2, 0) is 9.53 Å². The van der Waals surface area contributed by atoms with Crippen molar-refractivity contribution in [2.24, 2.45) is 5.92 Å². The molecule has 1 atom stereocenters. The summed E-state index contributed by atoms with van der Waals surface area (Å²) >= 11 is 0. The van der Waals surface area contributed by atoms with Gasteiger partial charge in [-0.1, -0.05) is 19.9 Å². The first-order valence-corrected chi connectivity index (χ1v) is 8.73. The Morgan fingerprint density at radius 1 is 1.12 bits per heavy atom. The van der Waals surface area contributed by atoms with Gasteiger partial charge in [-0.15, -0.1) is 0 Å². The van der Waals surface area contributed by atoms with Gasteiger partial charge in [0.1, 0.15) is 26.3 Å². The van der Waals surface area contributed by atoms with E-state index in [-0.39, 0.29) is 17.9 Å². The summed E-state index contributed by atoms with van der Waals surface area (Å²) in [6, 6.07) is 5.90. The fourth-order valence-corrected chi connectivity index (χ4v) is 3.18. The van der Waals surface area contributed by atoms with Gasteiger partial charge >= 0.3 is 0 Å². The lowest BCUT2D eigenvalue weighted by atomic mass is 9.95. The summed E-state index contributed by atoms with van der Waals surface area (Å²) in [4.78, 5) is 13.7. The van der Waals surface area contributed by atoms with E-state index < -0.39 is 0 Å². The molecule has 1 saturated heterocycles. The second kappa shape index (κ2) is 7.85. The summed E-state index contributed by atoms with van der Waals surface area (Å²) in [6.45, 7) is 9.13. The molecule has 0 saturated carbocycles. The Kier molecular flexibility index (Phi) is 5.58. The van der Waals surface area contributed by atoms with Crippen LogP contribution in [0.2, 0.25) is 0 Å². The van der Waals surface area contributed by atoms with Crippen LogP contribution in [0.5, 0.6) is 11.5 Å². The summed E-state index contributed by atoms with van der Waals surface area (Å²) in [5.41, 5.74) is 1.06. The SMILES string of the molecule is CC(C)[C@H](NC(=O)C[NH+]1CCOCC1)c1ccc2c(c1)OCCO2. The number of fused-ring (bicyclic) bond motifs is 1. The molecule has 24 heavy (non-hydrogen) atoms. The maximum atomic E-state index is 12.5. The van der Waals surface area contributed by atoms with Crippen LogP contribution in [0, 0.1) is 5.92 Å². The number of quaternary nitrogens is 1. The normalized spacial score (nSPS) is 19.1. The molecule has 132 valence electrons. The predicted octanol–water partition coefficient (Wildman–Crippen LogP) is 0.186. The van der Waals surface area contributed by atoms with E-state index in [4.69, 9.17) is 14.2 Å². The quantitative estimate of drug-likeness (QED) is 0.806. The molecule has 0 aromatic heterocycles. The molecule has 6 nitrogen and oxygen atoms in total. The molecule has 2 aliphatic rings. The van der Waals surface area contributed by atoms with Crippen LogP contribution in [0.3, 0.4) is 0 Å². The maximum absolute atomic E-state index is 12.5. The Balaban J connectivity index is 1.66. The minimum absolute atomic E-state index is 0.0335. The zero-order chi connectivity index (χ0) is 16.9. The Bertz CT molecular complexity index is 570. The zero-order valence-corrected chi connectivity index (χ0v) is 14.5. The highest BCUT2D eigenvalue weighted by Crippen LogP contribution is 2.34. The van der Waals surface area contributed by atoms with Crippen LogP contribution in [0.15, 0.2) is 18.2 Å². The Labute approximate surface area is 143 Å². The number of hydrogen-bond donors (Lipinski definition) is 2. The standard InChI is InChI=1S/C18H26N2O4/c1-13(2)18(19-17(21)12-20-5-7-22-8-6-20)14-3-4-15-16(11-14)24-10-9-23-15/h3-4,11,13,18H,5-10,12H2,1-2H3,(H,19,21)/p+1/t18-/m0/s1. The molecule has 2 heterocycles. The molecule has 2 N–H and O–H groups in total. The first-order valence-electron chi connectivity index (χ1n) is 8.73. The highest BCUT2D eigenvalue weighted by atomic mass is 16.6. The van der Waals surface area contributed by atoms with Gasteiger partial charge in [0.25, 0.3) is 5.91 Å². The first-order chi connectivity index (χ1) is 11.6. The number of carbonyl (C=O) groups is 1. The molecule has 3 rings (SSSR count). The number of hydrogen-bond acceptors (Lipinski definition) is 4. The van der Waals surface area contributed by atoms with Crippen molar-refractivity contribution in [3.8, 4) is 11.5 Å². The van der Waals surface area contributed by atoms with E-state index >= 15 is 0 Å². The van der Waals surface area contributed by atoms with Gasteiger partial charge in [-0.05, 0) is 23.6 Å². The minimum Gasteiger partial charge on any atom is -0.486 e. The Morgan fingerprint density at radius 3 is 2.54 bits per heavy atom. The molecule has 1 amide bonds. The smallest absolute Gasteiger partial charge is 0.275 e. The van der Waals surface area contributed by atoms with E-state index in [1.807, 2.05) is 18.2 Å². The van der Waals surface area contributed by atoms with Crippen LogP contribution in [0.25, 0.3) is 0 Å². The molecular weight excluding hydrogens is 308 g/mol. The molecule has 2 aliphatic heterocycles. The fraction of sp³-hybridized carbons (Fsp3) is 0.611. The lowest BCUT2D eigenvalue weighted by Gasteiger charge is -2.27. The van der Waals surface area contributed by atoms with Gasteiger partial charge in [0.05, 0.1) is 19.3 Å². The Morgan fingerprint density at radius 2 is 1.83 bits per heavy atom. The van der Waals surface area contributed by atoms with Crippen molar-refractivity contribution in [3.05, 3.63) is 23.8 Å². The molecule has 0 spiro atoms. The van der Waals surface area contributed by atoms with Crippen LogP contribution in [0.4, 0.5) is 0 Å². The third-order valence-corrected chi connectivity index (χ3v) is 4.52. The highest BCUT2D eigenvalue weighted by molar-refractivity contribution is 5.77. The van der Waals surface area contributed by atoms with E-state index in [0.29, 0.717) is 19.8 Å². The van der Waals surface area contributed by atoms with E-state index in [2.05, 4.69) is 19.2 Å². The van der Waals surface area contributed by atoms with Crippen molar-refractivity contribution >= 4 is 5.91 Å². The van der Waals surface area contributed by atoms with Gasteiger partial charge in [-0.25, -0.2) is 0 Å². The number of ether oxygens (including phenoxy) is 3. The van der Waals surface area contributed by atoms with E-state index in [0.717, 1.165) is 43.4 Å². The van der Waals surface area contributed by atoms with Crippen LogP contribution in [-0.4, -0.2) is 52.0 Å². The molecular formula is C18H27N2O4+. The van der Waals surface area contributed by atoms with E-state index in [1.165, 1.54) is 4.90 Å². The predicted molar refractivity (Wildman–Crippen MR) is 89.5 cm³/mol. The second-order valence-electron chi connectivity index (χ2n) is 6.73. The van der Waals surface area contributed by atoms with E-state index in [9.17, 15) is 4.79 Å². The molecule has 0 unspecified atom stereocenters. The van der Waals surface area contributed by atoms with Gasteiger partial charge in [0.15, 0.2) is 18.0 Å². The number of morpholine rings is 1. The third-order valence-electron chi connectivity index (χ3n) is 4.52. The second-order valence-corrected chi connectivity index (χ2v) is 6.73. The number of rotatable bonds is 5. The van der Waals surface area contributed by atoms with Gasteiger partial charge in [0.2, 0.25) is 0 Å². The van der Waals surface area contributed by atoms with Crippen molar-refractivity contribution in [2.45, 2.75) is 19.9 Å². The lowest BCUT2D eigenvalue weighted by Crippen LogP contribution is -3.15. The van der Waals surface area contributed by atoms with Gasteiger partial charge in [-0.2, -0.15) is 0 Å². The molecule has 1 aromatic rings. The molecule has 0 radical (unpaired) electrons. The number of carbonyl (C=O) groups excluding carboxylic acids is 1. The van der Waals surface area contributed by atoms with Crippen molar-refractivity contribution < 1.29 is 23.9 Å². The average Bonchev–Trinajstić information content (AvgIpc) is 2.60. The molecule has 6 heteroatoms. The monoisotopic (exact) mass is 335 g/mol. The largest absolute Gasteiger partial charge is 0.486 e. The van der Waals surface area contributed by atoms with Crippen LogP contribution in [0.1, 0.15) is 25.5 Å². The summed E-state index contributed by atoms with van der Waals surface area (Å²) in [5, 5.41) is 3.19. The summed E-state index contributed by atoms with van der Waals surface area (Å²) in [5.74, 6) is 1.91. The average molecular weight is 335 g/mol. The summed E-state index contributed by atoms with van der Waals surface area (Å²) < 4.78 is 16.6. The van der Waals surface area contributed by atoms with Gasteiger partial charge in [-0.3, -0.25) is 4.79 Å². The zero-order valence-electron chi connectivity index (χ0n) is 14.5. The molecule has 1 fully saturated rings. The maximum Gasteiger partial charge on any atom is 0.275 e. The van der Waals surface area contributed by atoms with Gasteiger partial charge in [0, 0.05) is 0 Å². The van der Waals surface area contributed by atoms with Crippen molar-refractivity contribution in [1.82, 2.24) is 5.32 Å². The van der Waals surface area contributed by atoms with Crippen LogP contribution < -0.4 is 19.7 Å². The topological polar surface area (TPSA) is 61.2 Å². The van der Waals surface area contributed by atoms with Gasteiger partial charge < -0.3 is 24.4 Å². The molecule has 0 bridgehead atoms. The van der Waals surface area contributed by atoms with E-state index in [1.54, 1.807) is 0 Å². The molecule has 1 aromatic carbocycles. The van der Waals surface area contributed by atoms with Crippen molar-refractivity contribution in [1.29, 1.82) is 0 Å². The number of nitrogens with one attached hydrogen (secondary N) is 2. The highest BCUT2D eigenvalue weighted by Gasteiger charge is 2.24. The molecule has 0 aliphatic carbocycles. The summed E-state index contributed by atoms with van der Waals surface area (Å²) in [7, 11) is 0. The minimum atomic E-state index is -0.0335. The van der Waals surface area contributed by atoms with Crippen molar-refractivity contribution in [3.63, 3.8) is 0 Å². The first kappa shape index (κ1) is 17.0. The summed E-state index contributed by atoms with van der Waals surface area (Å²) in [6.07, 6.45) is 0. The Hall–Kier alpha value is -1.79. The number of benzene rings is 1. The van der Waals surface area contributed by atoms with Crippen molar-refractivity contribution in [2.75, 3.05) is 46.1 Å². The number of amides is 1. The third kappa shape index (κ3) is 4.19.